The lowest BCUT2D eigenvalue weighted by Gasteiger charge is -2.23. The molecule has 0 aromatic carbocycles. The third-order valence-corrected chi connectivity index (χ3v) is 8.74. The molecule has 48 heavy (non-hydrogen) atoms. The highest BCUT2D eigenvalue weighted by molar-refractivity contribution is 5.70. The lowest BCUT2D eigenvalue weighted by atomic mass is 10.1. The Morgan fingerprint density at radius 3 is 1.29 bits per heavy atom. The molecule has 0 spiro atoms. The van der Waals surface area contributed by atoms with E-state index in [-0.39, 0.29) is 24.6 Å². The molecule has 0 saturated heterocycles. The number of rotatable bonds is 35. The van der Waals surface area contributed by atoms with Gasteiger partial charge in [-0.15, -0.1) is 0 Å². The van der Waals surface area contributed by atoms with Crippen molar-refractivity contribution < 1.29 is 19.1 Å². The van der Waals surface area contributed by atoms with Gasteiger partial charge in [-0.2, -0.15) is 0 Å². The number of carbonyl (C=O) groups is 2. The molecule has 0 fully saturated rings. The summed E-state index contributed by atoms with van der Waals surface area (Å²) < 4.78 is 11.4. The molecule has 0 saturated carbocycles. The van der Waals surface area contributed by atoms with Crippen molar-refractivity contribution in [3.8, 4) is 0 Å². The standard InChI is InChI=1S/C43H77NO4/c1-5-9-11-13-15-17-19-21-23-25-27-29-31-33-35-37-43(46)48-41(38-39-44(7-3)8-4)40-47-42(45)36-34-32-30-28-26-24-22-20-18-16-14-12-10-6-2/h14-17,26-29,41H,5-13,18-25,30-40H2,1-4H3/b16-14-,17-15-,28-26-,29-27-/t41-/m0/s1. The van der Waals surface area contributed by atoms with Gasteiger partial charge in [0.15, 0.2) is 0 Å². The van der Waals surface area contributed by atoms with Crippen LogP contribution in [0.2, 0.25) is 0 Å². The number of hydrogen-bond acceptors (Lipinski definition) is 5. The summed E-state index contributed by atoms with van der Waals surface area (Å²) in [7, 11) is 0. The Kier molecular flexibility index (Phi) is 36.0. The zero-order valence-electron chi connectivity index (χ0n) is 32.1. The van der Waals surface area contributed by atoms with Crippen LogP contribution in [-0.4, -0.2) is 49.2 Å². The van der Waals surface area contributed by atoms with Crippen molar-refractivity contribution in [2.45, 2.75) is 188 Å². The maximum atomic E-state index is 12.6. The SMILES string of the molecule is CCCC/C=C\CCCC/C=C\CCCCC(=O)OC[C@H](CCN(CC)CC)OC(=O)CCCC/C=C\CCCC/C=C\CCCCC. The number of hydrogen-bond donors (Lipinski definition) is 0. The maximum Gasteiger partial charge on any atom is 0.306 e. The number of esters is 2. The summed E-state index contributed by atoms with van der Waals surface area (Å²) in [6.07, 6.45) is 43.7. The second-order valence-electron chi connectivity index (χ2n) is 13.2. The van der Waals surface area contributed by atoms with Crippen molar-refractivity contribution in [2.75, 3.05) is 26.2 Å². The first-order valence-corrected chi connectivity index (χ1v) is 20.2. The molecule has 0 aliphatic heterocycles. The fraction of sp³-hybridized carbons (Fsp3) is 0.767. The molecule has 0 amide bonds. The van der Waals surface area contributed by atoms with Gasteiger partial charge in [0.25, 0.3) is 0 Å². The Labute approximate surface area is 298 Å². The minimum Gasteiger partial charge on any atom is -0.462 e. The molecule has 0 radical (unpaired) electrons. The van der Waals surface area contributed by atoms with E-state index in [4.69, 9.17) is 9.47 Å². The number of nitrogens with zero attached hydrogens (tertiary/aromatic N) is 1. The van der Waals surface area contributed by atoms with E-state index < -0.39 is 0 Å². The second kappa shape index (κ2) is 37.7. The molecule has 0 N–H and O–H groups in total. The Morgan fingerprint density at radius 2 is 0.875 bits per heavy atom. The van der Waals surface area contributed by atoms with Crippen LogP contribution in [-0.2, 0) is 19.1 Å². The van der Waals surface area contributed by atoms with Gasteiger partial charge in [-0.25, -0.2) is 0 Å². The first-order chi connectivity index (χ1) is 23.6. The highest BCUT2D eigenvalue weighted by Gasteiger charge is 2.18. The molecule has 0 aliphatic carbocycles. The molecule has 0 bridgehead atoms. The lowest BCUT2D eigenvalue weighted by molar-refractivity contribution is -0.159. The number of unbranched alkanes of at least 4 members (excludes halogenated alkanes) is 15. The molecule has 0 aliphatic rings. The van der Waals surface area contributed by atoms with Gasteiger partial charge in [0.1, 0.15) is 12.7 Å². The first-order valence-electron chi connectivity index (χ1n) is 20.2. The molecule has 5 heteroatoms. The smallest absolute Gasteiger partial charge is 0.306 e. The maximum absolute atomic E-state index is 12.6. The molecule has 0 unspecified atom stereocenters. The van der Waals surface area contributed by atoms with Crippen LogP contribution in [0.25, 0.3) is 0 Å². The van der Waals surface area contributed by atoms with Crippen LogP contribution in [0.4, 0.5) is 0 Å². The lowest BCUT2D eigenvalue weighted by Crippen LogP contribution is -2.32. The average molecular weight is 672 g/mol. The van der Waals surface area contributed by atoms with Gasteiger partial charge >= 0.3 is 11.9 Å². The molecule has 0 aromatic rings. The van der Waals surface area contributed by atoms with E-state index in [2.05, 4.69) is 81.2 Å². The van der Waals surface area contributed by atoms with E-state index in [0.717, 1.165) is 71.0 Å². The van der Waals surface area contributed by atoms with Gasteiger partial charge in [-0.1, -0.05) is 102 Å². The van der Waals surface area contributed by atoms with Crippen molar-refractivity contribution in [3.63, 3.8) is 0 Å². The third-order valence-electron chi connectivity index (χ3n) is 8.74. The van der Waals surface area contributed by atoms with Crippen LogP contribution in [0.15, 0.2) is 48.6 Å². The first kappa shape index (κ1) is 45.9. The van der Waals surface area contributed by atoms with Gasteiger partial charge in [-0.3, -0.25) is 9.59 Å². The number of ether oxygens (including phenoxy) is 2. The summed E-state index contributed by atoms with van der Waals surface area (Å²) >= 11 is 0. The van der Waals surface area contributed by atoms with E-state index in [1.807, 2.05) is 0 Å². The van der Waals surface area contributed by atoms with E-state index in [1.54, 1.807) is 0 Å². The monoisotopic (exact) mass is 672 g/mol. The number of carbonyl (C=O) groups excluding carboxylic acids is 2. The van der Waals surface area contributed by atoms with Gasteiger partial charge in [-0.05, 0) is 122 Å². The Hall–Kier alpha value is -2.14. The molecular formula is C43H77NO4. The predicted octanol–water partition coefficient (Wildman–Crippen LogP) is 12.4. The van der Waals surface area contributed by atoms with Gasteiger partial charge in [0.2, 0.25) is 0 Å². The van der Waals surface area contributed by atoms with Crippen molar-refractivity contribution in [1.82, 2.24) is 4.90 Å². The summed E-state index contributed by atoms with van der Waals surface area (Å²) in [6.45, 7) is 11.6. The zero-order chi connectivity index (χ0) is 35.2. The molecule has 0 rings (SSSR count). The Balaban J connectivity index is 4.14. The molecule has 1 atom stereocenters. The van der Waals surface area contributed by atoms with E-state index >= 15 is 0 Å². The van der Waals surface area contributed by atoms with E-state index in [1.165, 1.54) is 83.5 Å². The summed E-state index contributed by atoms with van der Waals surface area (Å²) in [5.41, 5.74) is 0. The van der Waals surface area contributed by atoms with Crippen LogP contribution in [0.5, 0.6) is 0 Å². The normalized spacial score (nSPS) is 12.8. The van der Waals surface area contributed by atoms with Crippen LogP contribution in [0, 0.1) is 0 Å². The fourth-order valence-electron chi connectivity index (χ4n) is 5.43. The quantitative estimate of drug-likeness (QED) is 0.0381. The van der Waals surface area contributed by atoms with Gasteiger partial charge in [0.05, 0.1) is 0 Å². The zero-order valence-corrected chi connectivity index (χ0v) is 32.1. The average Bonchev–Trinajstić information content (AvgIpc) is 3.09. The molecule has 0 aromatic heterocycles. The van der Waals surface area contributed by atoms with Crippen LogP contribution in [0.1, 0.15) is 182 Å². The molecule has 5 nitrogen and oxygen atoms in total. The summed E-state index contributed by atoms with van der Waals surface area (Å²) in [5, 5.41) is 0. The van der Waals surface area contributed by atoms with Gasteiger partial charge < -0.3 is 14.4 Å². The van der Waals surface area contributed by atoms with Crippen molar-refractivity contribution in [3.05, 3.63) is 48.6 Å². The predicted molar refractivity (Wildman–Crippen MR) is 207 cm³/mol. The minimum atomic E-state index is -0.386. The summed E-state index contributed by atoms with van der Waals surface area (Å²) in [5.74, 6) is -0.377. The topological polar surface area (TPSA) is 55.8 Å². The molecule has 278 valence electrons. The van der Waals surface area contributed by atoms with Gasteiger partial charge in [0, 0.05) is 25.8 Å². The molecular weight excluding hydrogens is 594 g/mol. The Bertz CT molecular complexity index is 827. The second-order valence-corrected chi connectivity index (χ2v) is 13.2. The summed E-state index contributed by atoms with van der Waals surface area (Å²) in [6, 6.07) is 0. The van der Waals surface area contributed by atoms with Crippen LogP contribution in [0.3, 0.4) is 0 Å². The van der Waals surface area contributed by atoms with E-state index in [9.17, 15) is 9.59 Å². The minimum absolute atomic E-state index is 0.150. The highest BCUT2D eigenvalue weighted by Crippen LogP contribution is 2.11. The van der Waals surface area contributed by atoms with Crippen molar-refractivity contribution >= 4 is 11.9 Å². The summed E-state index contributed by atoms with van der Waals surface area (Å²) in [4.78, 5) is 27.4. The molecule has 0 heterocycles. The van der Waals surface area contributed by atoms with Crippen molar-refractivity contribution in [1.29, 1.82) is 0 Å². The van der Waals surface area contributed by atoms with E-state index in [0.29, 0.717) is 19.3 Å². The van der Waals surface area contributed by atoms with Crippen LogP contribution < -0.4 is 0 Å². The highest BCUT2D eigenvalue weighted by atomic mass is 16.6. The van der Waals surface area contributed by atoms with Crippen LogP contribution >= 0.6 is 0 Å². The Morgan fingerprint density at radius 1 is 0.500 bits per heavy atom. The fourth-order valence-corrected chi connectivity index (χ4v) is 5.43. The number of allylic oxidation sites excluding steroid dienone is 8. The largest absolute Gasteiger partial charge is 0.462 e. The van der Waals surface area contributed by atoms with Crippen molar-refractivity contribution in [2.24, 2.45) is 0 Å². The third kappa shape index (κ3) is 33.7.